The topological polar surface area (TPSA) is 62.1 Å². The molecule has 0 aliphatic rings. The van der Waals surface area contributed by atoms with Crippen molar-refractivity contribution in [1.29, 1.82) is 5.26 Å². The molecule has 0 aliphatic carbocycles. The van der Waals surface area contributed by atoms with E-state index in [0.717, 1.165) is 14.7 Å². The maximum atomic E-state index is 12.4. The Kier molecular flexibility index (Phi) is 9.00. The molecule has 0 heterocycles. The molecule has 0 aromatic heterocycles. The Morgan fingerprint density at radius 3 is 2.56 bits per heavy atom. The zero-order valence-corrected chi connectivity index (χ0v) is 21.8. The number of nitrogens with zero attached hydrogens (tertiary/aromatic N) is 1. The number of carbonyl (C=O) groups excluding carboxylic acids is 1. The lowest BCUT2D eigenvalue weighted by Crippen LogP contribution is -2.23. The van der Waals surface area contributed by atoms with Crippen LogP contribution in [0.3, 0.4) is 0 Å². The zero-order chi connectivity index (χ0) is 23.1. The van der Waals surface area contributed by atoms with Gasteiger partial charge in [0.1, 0.15) is 24.0 Å². The number of ether oxygens (including phenoxy) is 1. The molecule has 0 fully saturated rings. The summed E-state index contributed by atoms with van der Waals surface area (Å²) in [5.41, 5.74) is 2.48. The fourth-order valence-electron chi connectivity index (χ4n) is 2.78. The molecule has 0 spiro atoms. The Morgan fingerprint density at radius 1 is 1.16 bits per heavy atom. The van der Waals surface area contributed by atoms with Crippen LogP contribution in [-0.4, -0.2) is 5.91 Å². The molecule has 0 aliphatic heterocycles. The highest BCUT2D eigenvalue weighted by atomic mass is 127. The number of hydrogen-bond acceptors (Lipinski definition) is 3. The predicted molar refractivity (Wildman–Crippen MR) is 140 cm³/mol. The van der Waals surface area contributed by atoms with Gasteiger partial charge in [0.05, 0.1) is 8.04 Å². The molecular weight excluding hydrogens is 626 g/mol. The van der Waals surface area contributed by atoms with Crippen molar-refractivity contribution in [2.75, 3.05) is 0 Å². The first-order valence-electron chi connectivity index (χ1n) is 9.37. The fraction of sp³-hybridized carbons (Fsp3) is 0.0833. The van der Waals surface area contributed by atoms with Crippen molar-refractivity contribution >= 4 is 73.7 Å². The normalized spacial score (nSPS) is 11.0. The van der Waals surface area contributed by atoms with Crippen LogP contribution in [0.5, 0.6) is 5.75 Å². The van der Waals surface area contributed by atoms with Crippen LogP contribution in [0.1, 0.15) is 16.7 Å². The van der Waals surface area contributed by atoms with E-state index < -0.39 is 5.91 Å². The number of rotatable bonds is 7. The maximum absolute atomic E-state index is 12.4. The summed E-state index contributed by atoms with van der Waals surface area (Å²) >= 11 is 17.8. The Bertz CT molecular complexity index is 1190. The van der Waals surface area contributed by atoms with Gasteiger partial charge in [-0.1, -0.05) is 59.6 Å². The van der Waals surface area contributed by atoms with Gasteiger partial charge < -0.3 is 10.1 Å². The van der Waals surface area contributed by atoms with Gasteiger partial charge in [-0.05, 0) is 80.0 Å². The van der Waals surface area contributed by atoms with Gasteiger partial charge in [0.25, 0.3) is 5.91 Å². The number of halogens is 4. The average Bonchev–Trinajstić information content (AvgIpc) is 2.77. The number of benzene rings is 3. The first kappa shape index (κ1) is 24.6. The summed E-state index contributed by atoms with van der Waals surface area (Å²) in [5.74, 6) is 0.209. The van der Waals surface area contributed by atoms with E-state index in [1.54, 1.807) is 24.3 Å². The second kappa shape index (κ2) is 11.7. The van der Waals surface area contributed by atoms with E-state index in [4.69, 9.17) is 27.9 Å². The van der Waals surface area contributed by atoms with Crippen LogP contribution in [0.4, 0.5) is 0 Å². The first-order valence-corrected chi connectivity index (χ1v) is 12.0. The van der Waals surface area contributed by atoms with Gasteiger partial charge >= 0.3 is 0 Å². The van der Waals surface area contributed by atoms with Crippen molar-refractivity contribution in [3.05, 3.63) is 101 Å². The number of nitriles is 1. The van der Waals surface area contributed by atoms with Gasteiger partial charge in [-0.2, -0.15) is 5.26 Å². The van der Waals surface area contributed by atoms with Crippen LogP contribution in [0.2, 0.25) is 10.0 Å². The molecule has 3 aromatic rings. The fourth-order valence-corrected chi connectivity index (χ4v) is 5.01. The molecule has 0 atom stereocenters. The largest absolute Gasteiger partial charge is 0.487 e. The van der Waals surface area contributed by atoms with E-state index in [9.17, 15) is 10.1 Å². The molecule has 0 saturated heterocycles. The number of nitrogens with one attached hydrogen (secondary N) is 1. The summed E-state index contributed by atoms with van der Waals surface area (Å²) < 4.78 is 7.46. The van der Waals surface area contributed by atoms with Gasteiger partial charge in [0.15, 0.2) is 0 Å². The predicted octanol–water partition coefficient (Wildman–Crippen LogP) is 7.16. The Hall–Kier alpha value is -2.05. The lowest BCUT2D eigenvalue weighted by molar-refractivity contribution is -0.117. The third-order valence-corrected chi connectivity index (χ3v) is 6.36. The number of hydrogen-bond donors (Lipinski definition) is 1. The van der Waals surface area contributed by atoms with E-state index in [2.05, 4.69) is 43.8 Å². The minimum atomic E-state index is -0.430. The van der Waals surface area contributed by atoms with E-state index in [-0.39, 0.29) is 12.2 Å². The molecule has 0 radical (unpaired) electrons. The average molecular weight is 642 g/mol. The molecule has 1 amide bonds. The van der Waals surface area contributed by atoms with Gasteiger partial charge in [-0.3, -0.25) is 4.79 Å². The molecule has 8 heteroatoms. The monoisotopic (exact) mass is 640 g/mol. The standard InChI is InChI=1S/C24H16BrCl2IN2O2/c25-20-9-16(8-18(12-29)24(31)30-13-15-4-2-1-3-5-15)10-22(28)23(20)32-14-17-6-7-19(26)11-21(17)27/h1-11H,13-14H2,(H,30,31)/b18-8-. The Labute approximate surface area is 218 Å². The number of carbonyl (C=O) groups is 1. The summed E-state index contributed by atoms with van der Waals surface area (Å²) in [6.07, 6.45) is 1.55. The van der Waals surface area contributed by atoms with Crippen molar-refractivity contribution in [2.45, 2.75) is 13.2 Å². The van der Waals surface area contributed by atoms with Gasteiger partial charge in [0, 0.05) is 22.2 Å². The van der Waals surface area contributed by atoms with Crippen LogP contribution in [0, 0.1) is 14.9 Å². The maximum Gasteiger partial charge on any atom is 0.262 e. The molecule has 32 heavy (non-hydrogen) atoms. The lowest BCUT2D eigenvalue weighted by Gasteiger charge is -2.13. The summed E-state index contributed by atoms with van der Waals surface area (Å²) in [7, 11) is 0. The van der Waals surface area contributed by atoms with Crippen LogP contribution in [0.15, 0.2) is 70.7 Å². The number of amides is 1. The van der Waals surface area contributed by atoms with E-state index in [1.807, 2.05) is 48.5 Å². The van der Waals surface area contributed by atoms with Crippen molar-refractivity contribution in [2.24, 2.45) is 0 Å². The van der Waals surface area contributed by atoms with E-state index in [0.29, 0.717) is 32.4 Å². The lowest BCUT2D eigenvalue weighted by atomic mass is 10.1. The van der Waals surface area contributed by atoms with Gasteiger partial charge in [-0.25, -0.2) is 0 Å². The van der Waals surface area contributed by atoms with Crippen LogP contribution >= 0.6 is 61.7 Å². The zero-order valence-electron chi connectivity index (χ0n) is 16.5. The SMILES string of the molecule is N#C/C(=C/c1cc(Br)c(OCc2ccc(Cl)cc2Cl)c(I)c1)C(=O)NCc1ccccc1. The van der Waals surface area contributed by atoms with Crippen molar-refractivity contribution < 1.29 is 9.53 Å². The molecule has 162 valence electrons. The third kappa shape index (κ3) is 6.72. The molecule has 0 saturated carbocycles. The highest BCUT2D eigenvalue weighted by molar-refractivity contribution is 14.1. The summed E-state index contributed by atoms with van der Waals surface area (Å²) in [5, 5.41) is 13.3. The molecule has 3 aromatic carbocycles. The Morgan fingerprint density at radius 2 is 1.91 bits per heavy atom. The minimum absolute atomic E-state index is 0.0187. The second-order valence-electron chi connectivity index (χ2n) is 6.68. The van der Waals surface area contributed by atoms with Crippen molar-refractivity contribution in [1.82, 2.24) is 5.32 Å². The Balaban J connectivity index is 1.72. The summed E-state index contributed by atoms with van der Waals surface area (Å²) in [6.45, 7) is 0.616. The second-order valence-corrected chi connectivity index (χ2v) is 9.54. The minimum Gasteiger partial charge on any atom is -0.487 e. The van der Waals surface area contributed by atoms with E-state index >= 15 is 0 Å². The molecule has 0 unspecified atom stereocenters. The highest BCUT2D eigenvalue weighted by Gasteiger charge is 2.13. The smallest absolute Gasteiger partial charge is 0.262 e. The third-order valence-electron chi connectivity index (χ3n) is 4.38. The van der Waals surface area contributed by atoms with Crippen LogP contribution < -0.4 is 10.1 Å². The van der Waals surface area contributed by atoms with Crippen molar-refractivity contribution in [3.8, 4) is 11.8 Å². The van der Waals surface area contributed by atoms with E-state index in [1.165, 1.54) is 0 Å². The summed E-state index contributed by atoms with van der Waals surface area (Å²) in [6, 6.07) is 20.4. The van der Waals surface area contributed by atoms with Crippen LogP contribution in [0.25, 0.3) is 6.08 Å². The van der Waals surface area contributed by atoms with Crippen molar-refractivity contribution in [3.63, 3.8) is 0 Å². The molecular formula is C24H16BrCl2IN2O2. The first-order chi connectivity index (χ1) is 15.4. The quantitative estimate of drug-likeness (QED) is 0.169. The molecule has 0 bridgehead atoms. The van der Waals surface area contributed by atoms with Gasteiger partial charge in [-0.15, -0.1) is 0 Å². The molecule has 4 nitrogen and oxygen atoms in total. The molecule has 1 N–H and O–H groups in total. The summed E-state index contributed by atoms with van der Waals surface area (Å²) in [4.78, 5) is 12.4. The molecule has 3 rings (SSSR count). The van der Waals surface area contributed by atoms with Gasteiger partial charge in [0.2, 0.25) is 0 Å². The van der Waals surface area contributed by atoms with Crippen LogP contribution in [-0.2, 0) is 17.9 Å². The highest BCUT2D eigenvalue weighted by Crippen LogP contribution is 2.34.